The maximum atomic E-state index is 13.0. The van der Waals surface area contributed by atoms with Gasteiger partial charge in [-0.3, -0.25) is 0 Å². The summed E-state index contributed by atoms with van der Waals surface area (Å²) in [7, 11) is 0. The number of benzene rings is 1. The van der Waals surface area contributed by atoms with Crippen molar-refractivity contribution in [3.63, 3.8) is 0 Å². The van der Waals surface area contributed by atoms with E-state index in [1.54, 1.807) is 12.3 Å². The summed E-state index contributed by atoms with van der Waals surface area (Å²) in [5.41, 5.74) is 0.629. The molecule has 0 aliphatic carbocycles. The Morgan fingerprint density at radius 3 is 2.62 bits per heavy atom. The normalized spacial score (nSPS) is 10.5. The van der Waals surface area contributed by atoms with Crippen LogP contribution in [0.4, 0.5) is 4.39 Å². The van der Waals surface area contributed by atoms with Gasteiger partial charge in [-0.1, -0.05) is 23.2 Å². The summed E-state index contributed by atoms with van der Waals surface area (Å²) in [6.07, 6.45) is 1.60. The van der Waals surface area contributed by atoms with Crippen LogP contribution in [0, 0.1) is 9.39 Å². The zero-order valence-electron chi connectivity index (χ0n) is 7.72. The number of nitrogens with zero attached hydrogens (tertiary/aromatic N) is 2. The fraction of sp³-hybridized carbons (Fsp3) is 0. The summed E-state index contributed by atoms with van der Waals surface area (Å²) in [6, 6.07) is 4.29. The average molecular weight is 369 g/mol. The molecule has 0 fully saturated rings. The summed E-state index contributed by atoms with van der Waals surface area (Å²) in [5.74, 6) is -0.0469. The molecule has 2 nitrogen and oxygen atoms in total. The first-order chi connectivity index (χ1) is 7.58. The van der Waals surface area contributed by atoms with Crippen LogP contribution in [0.25, 0.3) is 11.4 Å². The van der Waals surface area contributed by atoms with Crippen LogP contribution in [0.5, 0.6) is 0 Å². The molecule has 0 saturated heterocycles. The fourth-order valence-electron chi connectivity index (χ4n) is 1.12. The molecule has 2 aromatic rings. The molecule has 0 N–H and O–H groups in total. The van der Waals surface area contributed by atoms with Crippen molar-refractivity contribution in [2.24, 2.45) is 0 Å². The summed E-state index contributed by atoms with van der Waals surface area (Å²) >= 11 is 13.6. The molecule has 1 aromatic carbocycles. The molecule has 1 aromatic heterocycles. The zero-order valence-corrected chi connectivity index (χ0v) is 11.4. The largest absolute Gasteiger partial charge is 0.235 e. The molecule has 0 amide bonds. The number of aromatic nitrogens is 2. The van der Waals surface area contributed by atoms with Crippen LogP contribution in [0.1, 0.15) is 0 Å². The predicted molar refractivity (Wildman–Crippen MR) is 70.2 cm³/mol. The summed E-state index contributed by atoms with van der Waals surface area (Å²) < 4.78 is 13.7. The van der Waals surface area contributed by atoms with Gasteiger partial charge in [-0.05, 0) is 40.8 Å². The van der Waals surface area contributed by atoms with Gasteiger partial charge >= 0.3 is 0 Å². The van der Waals surface area contributed by atoms with Crippen molar-refractivity contribution in [2.75, 3.05) is 0 Å². The average Bonchev–Trinajstić information content (AvgIpc) is 2.26. The van der Waals surface area contributed by atoms with Gasteiger partial charge in [0.15, 0.2) is 5.82 Å². The second-order valence-electron chi connectivity index (χ2n) is 2.96. The van der Waals surface area contributed by atoms with E-state index in [-0.39, 0.29) is 5.02 Å². The van der Waals surface area contributed by atoms with Crippen LogP contribution >= 0.6 is 45.8 Å². The second kappa shape index (κ2) is 4.81. The molecule has 0 saturated carbocycles. The van der Waals surface area contributed by atoms with Gasteiger partial charge in [-0.2, -0.15) is 0 Å². The molecule has 16 heavy (non-hydrogen) atoms. The monoisotopic (exact) mass is 368 g/mol. The Bertz CT molecular complexity index is 499. The third kappa shape index (κ3) is 2.44. The first kappa shape index (κ1) is 12.0. The maximum absolute atomic E-state index is 13.0. The zero-order chi connectivity index (χ0) is 11.7. The molecule has 0 radical (unpaired) electrons. The van der Waals surface area contributed by atoms with E-state index in [4.69, 9.17) is 23.2 Å². The Morgan fingerprint density at radius 1 is 1.25 bits per heavy atom. The maximum Gasteiger partial charge on any atom is 0.160 e. The van der Waals surface area contributed by atoms with Gasteiger partial charge < -0.3 is 0 Å². The van der Waals surface area contributed by atoms with Gasteiger partial charge in [0.2, 0.25) is 0 Å². The van der Waals surface area contributed by atoms with E-state index in [2.05, 4.69) is 9.97 Å². The molecule has 0 atom stereocenters. The molecule has 0 spiro atoms. The van der Waals surface area contributed by atoms with E-state index in [0.717, 1.165) is 3.57 Å². The van der Waals surface area contributed by atoms with Gasteiger partial charge in [-0.25, -0.2) is 14.4 Å². The van der Waals surface area contributed by atoms with Crippen molar-refractivity contribution >= 4 is 45.8 Å². The Hall–Kier alpha value is -0.460. The molecular formula is C10H4Cl2FIN2. The van der Waals surface area contributed by atoms with Crippen molar-refractivity contribution in [1.29, 1.82) is 0 Å². The first-order valence-electron chi connectivity index (χ1n) is 4.21. The SMILES string of the molecule is Fc1ccc(-c2ncc(I)c(Cl)n2)cc1Cl. The number of hydrogen-bond acceptors (Lipinski definition) is 2. The minimum atomic E-state index is -0.470. The van der Waals surface area contributed by atoms with Crippen LogP contribution in [0.15, 0.2) is 24.4 Å². The number of hydrogen-bond donors (Lipinski definition) is 0. The molecule has 0 bridgehead atoms. The fourth-order valence-corrected chi connectivity index (χ4v) is 1.69. The quantitative estimate of drug-likeness (QED) is 0.557. The van der Waals surface area contributed by atoms with Crippen LogP contribution < -0.4 is 0 Å². The Morgan fingerprint density at radius 2 is 2.00 bits per heavy atom. The van der Waals surface area contributed by atoms with E-state index in [1.165, 1.54) is 12.1 Å². The van der Waals surface area contributed by atoms with Gasteiger partial charge in [-0.15, -0.1) is 0 Å². The molecule has 0 unspecified atom stereocenters. The van der Waals surface area contributed by atoms with E-state index >= 15 is 0 Å². The molecule has 0 aliphatic rings. The number of rotatable bonds is 1. The predicted octanol–water partition coefficient (Wildman–Crippen LogP) is 4.19. The molecule has 2 rings (SSSR count). The van der Waals surface area contributed by atoms with Gasteiger partial charge in [0.1, 0.15) is 11.0 Å². The van der Waals surface area contributed by atoms with E-state index < -0.39 is 5.82 Å². The van der Waals surface area contributed by atoms with Gasteiger partial charge in [0, 0.05) is 11.8 Å². The van der Waals surface area contributed by atoms with Crippen LogP contribution in [-0.4, -0.2) is 9.97 Å². The second-order valence-corrected chi connectivity index (χ2v) is 4.89. The van der Waals surface area contributed by atoms with Crippen LogP contribution in [-0.2, 0) is 0 Å². The highest BCUT2D eigenvalue weighted by Gasteiger charge is 2.07. The lowest BCUT2D eigenvalue weighted by molar-refractivity contribution is 0.628. The van der Waals surface area contributed by atoms with Crippen LogP contribution in [0.3, 0.4) is 0 Å². The highest BCUT2D eigenvalue weighted by molar-refractivity contribution is 14.1. The Labute approximate surface area is 115 Å². The topological polar surface area (TPSA) is 25.8 Å². The van der Waals surface area contributed by atoms with Crippen molar-refractivity contribution in [1.82, 2.24) is 9.97 Å². The molecule has 82 valence electrons. The lowest BCUT2D eigenvalue weighted by Gasteiger charge is -2.02. The Balaban J connectivity index is 2.50. The molecular weight excluding hydrogens is 365 g/mol. The highest BCUT2D eigenvalue weighted by Crippen LogP contribution is 2.24. The standard InChI is InChI=1S/C10H4Cl2FIN2/c11-6-3-5(1-2-7(6)13)10-15-4-8(14)9(12)16-10/h1-4H. The molecule has 1 heterocycles. The van der Waals surface area contributed by atoms with Crippen molar-refractivity contribution in [3.05, 3.63) is 44.0 Å². The third-order valence-corrected chi connectivity index (χ3v) is 3.57. The van der Waals surface area contributed by atoms with Crippen molar-refractivity contribution in [2.45, 2.75) is 0 Å². The molecule has 0 aliphatic heterocycles. The minimum Gasteiger partial charge on any atom is -0.235 e. The summed E-state index contributed by atoms with van der Waals surface area (Å²) in [6.45, 7) is 0. The lowest BCUT2D eigenvalue weighted by Crippen LogP contribution is -1.92. The van der Waals surface area contributed by atoms with Gasteiger partial charge in [0.05, 0.1) is 8.59 Å². The third-order valence-electron chi connectivity index (χ3n) is 1.88. The minimum absolute atomic E-state index is 0.0378. The first-order valence-corrected chi connectivity index (χ1v) is 6.05. The highest BCUT2D eigenvalue weighted by atomic mass is 127. The lowest BCUT2D eigenvalue weighted by atomic mass is 10.2. The molecule has 6 heteroatoms. The van der Waals surface area contributed by atoms with E-state index in [1.807, 2.05) is 22.6 Å². The smallest absolute Gasteiger partial charge is 0.160 e. The summed E-state index contributed by atoms with van der Waals surface area (Å²) in [5, 5.41) is 0.404. The van der Waals surface area contributed by atoms with E-state index in [9.17, 15) is 4.39 Å². The van der Waals surface area contributed by atoms with E-state index in [0.29, 0.717) is 16.5 Å². The van der Waals surface area contributed by atoms with Crippen molar-refractivity contribution < 1.29 is 4.39 Å². The van der Waals surface area contributed by atoms with Crippen molar-refractivity contribution in [3.8, 4) is 11.4 Å². The van der Waals surface area contributed by atoms with Gasteiger partial charge in [0.25, 0.3) is 0 Å². The Kier molecular flexibility index (Phi) is 3.61. The summed E-state index contributed by atoms with van der Waals surface area (Å²) in [4.78, 5) is 8.18. The number of halogens is 4. The van der Waals surface area contributed by atoms with Crippen LogP contribution in [0.2, 0.25) is 10.2 Å².